The van der Waals surface area contributed by atoms with Crippen LogP contribution in [0.5, 0.6) is 0 Å². The number of hydrogen-bond donors (Lipinski definition) is 0. The normalized spacial score (nSPS) is 11.1. The molecule has 0 N–H and O–H groups in total. The monoisotopic (exact) mass is 311 g/mol. The smallest absolute Gasteiger partial charge is 0.163 e. The van der Waals surface area contributed by atoms with Gasteiger partial charge in [0.2, 0.25) is 0 Å². The number of fused-ring (bicyclic) bond motifs is 1. The predicted octanol–water partition coefficient (Wildman–Crippen LogP) is 2.36. The Morgan fingerprint density at radius 1 is 1.33 bits per heavy atom. The van der Waals surface area contributed by atoms with Gasteiger partial charge in [-0.3, -0.25) is 4.68 Å². The Bertz CT molecular complexity index is 510. The van der Waals surface area contributed by atoms with Gasteiger partial charge < -0.3 is 4.90 Å². The van der Waals surface area contributed by atoms with Gasteiger partial charge in [0.05, 0.1) is 11.6 Å². The van der Waals surface area contributed by atoms with Gasteiger partial charge in [0.25, 0.3) is 0 Å². The summed E-state index contributed by atoms with van der Waals surface area (Å²) >= 11 is 3.50. The first-order chi connectivity index (χ1) is 8.77. The van der Waals surface area contributed by atoms with Gasteiger partial charge in [-0.25, -0.2) is 9.97 Å². The Morgan fingerprint density at radius 2 is 2.17 bits per heavy atom. The molecule has 0 unspecified atom stereocenters. The SMILES string of the molecule is CCCCN(CCBr)c1ncnc2c1cnn2C. The zero-order chi connectivity index (χ0) is 13.0. The van der Waals surface area contributed by atoms with Crippen LogP contribution in [0.4, 0.5) is 5.82 Å². The first kappa shape index (κ1) is 13.3. The zero-order valence-corrected chi connectivity index (χ0v) is 12.4. The molecule has 18 heavy (non-hydrogen) atoms. The number of alkyl halides is 1. The molecular formula is C12H18BrN5. The van der Waals surface area contributed by atoms with Crippen LogP contribution in [0.3, 0.4) is 0 Å². The van der Waals surface area contributed by atoms with Crippen molar-refractivity contribution in [2.45, 2.75) is 19.8 Å². The summed E-state index contributed by atoms with van der Waals surface area (Å²) in [5.74, 6) is 0.987. The van der Waals surface area contributed by atoms with Crippen LogP contribution in [-0.2, 0) is 7.05 Å². The summed E-state index contributed by atoms with van der Waals surface area (Å²) in [6, 6.07) is 0. The molecule has 0 amide bonds. The van der Waals surface area contributed by atoms with Crippen molar-refractivity contribution >= 4 is 32.8 Å². The fourth-order valence-corrected chi connectivity index (χ4v) is 2.40. The van der Waals surface area contributed by atoms with Crippen LogP contribution in [0.1, 0.15) is 19.8 Å². The van der Waals surface area contributed by atoms with Crippen LogP contribution >= 0.6 is 15.9 Å². The molecule has 0 aromatic carbocycles. The van der Waals surface area contributed by atoms with Crippen LogP contribution in [0.15, 0.2) is 12.5 Å². The minimum Gasteiger partial charge on any atom is -0.355 e. The molecule has 0 bridgehead atoms. The highest BCUT2D eigenvalue weighted by molar-refractivity contribution is 9.09. The van der Waals surface area contributed by atoms with E-state index < -0.39 is 0 Å². The van der Waals surface area contributed by atoms with Crippen LogP contribution in [0, 0.1) is 0 Å². The largest absolute Gasteiger partial charge is 0.355 e. The van der Waals surface area contributed by atoms with E-state index in [2.05, 4.69) is 42.8 Å². The van der Waals surface area contributed by atoms with E-state index in [9.17, 15) is 0 Å². The lowest BCUT2D eigenvalue weighted by atomic mass is 10.3. The molecule has 0 radical (unpaired) electrons. The van der Waals surface area contributed by atoms with Crippen LogP contribution in [0.2, 0.25) is 0 Å². The first-order valence-electron chi connectivity index (χ1n) is 6.21. The van der Waals surface area contributed by atoms with E-state index in [1.165, 1.54) is 12.8 Å². The zero-order valence-electron chi connectivity index (χ0n) is 10.8. The van der Waals surface area contributed by atoms with E-state index in [1.54, 1.807) is 11.0 Å². The van der Waals surface area contributed by atoms with Crippen molar-refractivity contribution in [2.24, 2.45) is 7.05 Å². The minimum absolute atomic E-state index is 0.885. The Kier molecular flexibility index (Phi) is 4.52. The van der Waals surface area contributed by atoms with E-state index in [0.717, 1.165) is 35.3 Å². The van der Waals surface area contributed by atoms with Crippen molar-refractivity contribution in [3.63, 3.8) is 0 Å². The Labute approximate surface area is 115 Å². The number of aryl methyl sites for hydroxylation is 1. The van der Waals surface area contributed by atoms with Gasteiger partial charge >= 0.3 is 0 Å². The third-order valence-corrected chi connectivity index (χ3v) is 3.30. The minimum atomic E-state index is 0.885. The molecule has 0 aliphatic carbocycles. The quantitative estimate of drug-likeness (QED) is 0.768. The van der Waals surface area contributed by atoms with Crippen LogP contribution in [-0.4, -0.2) is 38.2 Å². The van der Waals surface area contributed by atoms with Gasteiger partial charge in [0.15, 0.2) is 5.65 Å². The fraction of sp³-hybridized carbons (Fsp3) is 0.583. The van der Waals surface area contributed by atoms with Gasteiger partial charge in [-0.1, -0.05) is 29.3 Å². The van der Waals surface area contributed by atoms with E-state index in [1.807, 2.05) is 13.2 Å². The summed E-state index contributed by atoms with van der Waals surface area (Å²) in [6.45, 7) is 4.16. The third kappa shape index (κ3) is 2.63. The number of halogens is 1. The molecule has 0 spiro atoms. The van der Waals surface area contributed by atoms with Crippen molar-refractivity contribution < 1.29 is 0 Å². The molecule has 0 saturated heterocycles. The molecule has 5 nitrogen and oxygen atoms in total. The molecule has 0 fully saturated rings. The van der Waals surface area contributed by atoms with Gasteiger partial charge in [0.1, 0.15) is 12.1 Å². The number of anilines is 1. The second-order valence-corrected chi connectivity index (χ2v) is 5.03. The third-order valence-electron chi connectivity index (χ3n) is 2.94. The van der Waals surface area contributed by atoms with Crippen molar-refractivity contribution in [3.05, 3.63) is 12.5 Å². The summed E-state index contributed by atoms with van der Waals surface area (Å²) in [5.41, 5.74) is 0.885. The molecule has 2 aromatic heterocycles. The number of rotatable bonds is 6. The van der Waals surface area contributed by atoms with E-state index >= 15 is 0 Å². The maximum Gasteiger partial charge on any atom is 0.163 e. The number of unbranched alkanes of at least 4 members (excludes halogenated alkanes) is 1. The molecule has 98 valence electrons. The maximum absolute atomic E-state index is 4.43. The van der Waals surface area contributed by atoms with Crippen molar-refractivity contribution in [1.82, 2.24) is 19.7 Å². The molecular weight excluding hydrogens is 294 g/mol. The lowest BCUT2D eigenvalue weighted by Crippen LogP contribution is -2.27. The van der Waals surface area contributed by atoms with E-state index in [0.29, 0.717) is 0 Å². The maximum atomic E-state index is 4.43. The average molecular weight is 312 g/mol. The van der Waals surface area contributed by atoms with Gasteiger partial charge in [-0.15, -0.1) is 0 Å². The standard InChI is InChI=1S/C12H18BrN5/c1-3-4-6-18(7-5-13)12-10-8-16-17(2)11(10)14-9-15-12/h8-9H,3-7H2,1-2H3. The second-order valence-electron chi connectivity index (χ2n) is 4.23. The summed E-state index contributed by atoms with van der Waals surface area (Å²) < 4.78 is 1.78. The number of nitrogens with zero attached hydrogens (tertiary/aromatic N) is 5. The first-order valence-corrected chi connectivity index (χ1v) is 7.33. The fourth-order valence-electron chi connectivity index (χ4n) is 1.98. The van der Waals surface area contributed by atoms with Gasteiger partial charge in [-0.05, 0) is 6.42 Å². The summed E-state index contributed by atoms with van der Waals surface area (Å²) in [7, 11) is 1.90. The molecule has 0 aliphatic heterocycles. The van der Waals surface area contributed by atoms with E-state index in [-0.39, 0.29) is 0 Å². The highest BCUT2D eigenvalue weighted by Gasteiger charge is 2.13. The number of aromatic nitrogens is 4. The molecule has 2 aromatic rings. The molecule has 0 atom stereocenters. The summed E-state index contributed by atoms with van der Waals surface area (Å²) in [6.07, 6.45) is 5.81. The molecule has 2 heterocycles. The highest BCUT2D eigenvalue weighted by Crippen LogP contribution is 2.22. The Morgan fingerprint density at radius 3 is 2.89 bits per heavy atom. The molecule has 0 saturated carbocycles. The predicted molar refractivity (Wildman–Crippen MR) is 77.2 cm³/mol. The Hall–Kier alpha value is -1.17. The number of hydrogen-bond acceptors (Lipinski definition) is 4. The van der Waals surface area contributed by atoms with Gasteiger partial charge in [-0.2, -0.15) is 5.10 Å². The Balaban J connectivity index is 2.36. The molecule has 0 aliphatic rings. The lowest BCUT2D eigenvalue weighted by Gasteiger charge is -2.22. The highest BCUT2D eigenvalue weighted by atomic mass is 79.9. The molecule has 2 rings (SSSR count). The van der Waals surface area contributed by atoms with E-state index in [4.69, 9.17) is 0 Å². The lowest BCUT2D eigenvalue weighted by molar-refractivity contribution is 0.728. The summed E-state index contributed by atoms with van der Waals surface area (Å²) in [5, 5.41) is 6.21. The van der Waals surface area contributed by atoms with Gasteiger partial charge in [0, 0.05) is 25.5 Å². The molecule has 6 heteroatoms. The topological polar surface area (TPSA) is 46.8 Å². The van der Waals surface area contributed by atoms with Crippen molar-refractivity contribution in [1.29, 1.82) is 0 Å². The average Bonchev–Trinajstić information content (AvgIpc) is 2.77. The van der Waals surface area contributed by atoms with Crippen LogP contribution < -0.4 is 4.90 Å². The van der Waals surface area contributed by atoms with Crippen molar-refractivity contribution in [3.8, 4) is 0 Å². The van der Waals surface area contributed by atoms with Crippen molar-refractivity contribution in [2.75, 3.05) is 23.3 Å². The summed E-state index contributed by atoms with van der Waals surface area (Å²) in [4.78, 5) is 11.0. The second kappa shape index (κ2) is 6.13. The van der Waals surface area contributed by atoms with Crippen LogP contribution in [0.25, 0.3) is 11.0 Å².